The summed E-state index contributed by atoms with van der Waals surface area (Å²) in [5, 5.41) is 3.67. The van der Waals surface area contributed by atoms with Crippen LogP contribution in [0.5, 0.6) is 0 Å². The lowest BCUT2D eigenvalue weighted by Crippen LogP contribution is -2.17. The second kappa shape index (κ2) is 7.48. The lowest BCUT2D eigenvalue weighted by atomic mass is 10.3. The number of carbonyl (C=O) groups excluding carboxylic acids is 1. The largest absolute Gasteiger partial charge is 0.302 e. The lowest BCUT2D eigenvalue weighted by molar-refractivity contribution is -0.115. The average Bonchev–Trinajstić information content (AvgIpc) is 2.96. The average molecular weight is 433 g/mol. The zero-order valence-corrected chi connectivity index (χ0v) is 16.1. The van der Waals surface area contributed by atoms with Crippen molar-refractivity contribution in [1.82, 2.24) is 4.98 Å². The minimum atomic E-state index is -3.68. The van der Waals surface area contributed by atoms with Gasteiger partial charge in [-0.3, -0.25) is 4.79 Å². The first kappa shape index (κ1) is 19.0. The number of carbonyl (C=O) groups is 1. The van der Waals surface area contributed by atoms with Gasteiger partial charge in [-0.05, 0) is 36.4 Å². The normalized spacial score (nSPS) is 11.7. The molecule has 10 heteroatoms. The third-order valence-corrected chi connectivity index (χ3v) is 6.59. The zero-order chi connectivity index (χ0) is 18.9. The number of nitrogens with one attached hydrogen (secondary N) is 1. The van der Waals surface area contributed by atoms with Crippen molar-refractivity contribution in [2.24, 2.45) is 0 Å². The smallest absolute Gasteiger partial charge is 0.227 e. The van der Waals surface area contributed by atoms with E-state index in [4.69, 9.17) is 23.2 Å². The van der Waals surface area contributed by atoms with Gasteiger partial charge in [0.2, 0.25) is 5.91 Å². The molecule has 1 heterocycles. The van der Waals surface area contributed by atoms with E-state index in [9.17, 15) is 17.6 Å². The van der Waals surface area contributed by atoms with Crippen molar-refractivity contribution >= 4 is 65.6 Å². The van der Waals surface area contributed by atoms with E-state index >= 15 is 0 Å². The van der Waals surface area contributed by atoms with Gasteiger partial charge >= 0.3 is 0 Å². The van der Waals surface area contributed by atoms with E-state index in [0.717, 1.165) is 12.1 Å². The number of fused-ring (bicyclic) bond motifs is 1. The Bertz CT molecular complexity index is 1080. The fraction of sp³-hybridized carbons (Fsp3) is 0.125. The molecular formula is C16H11Cl2FN2O3S2. The van der Waals surface area contributed by atoms with Crippen LogP contribution < -0.4 is 5.32 Å². The van der Waals surface area contributed by atoms with Crippen LogP contribution in [-0.4, -0.2) is 25.1 Å². The van der Waals surface area contributed by atoms with Gasteiger partial charge in [0.1, 0.15) is 11.3 Å². The molecule has 0 aliphatic heterocycles. The number of sulfone groups is 1. The van der Waals surface area contributed by atoms with Crippen molar-refractivity contribution in [2.75, 3.05) is 11.1 Å². The van der Waals surface area contributed by atoms with Gasteiger partial charge < -0.3 is 5.32 Å². The molecule has 0 atom stereocenters. The molecule has 0 saturated heterocycles. The summed E-state index contributed by atoms with van der Waals surface area (Å²) in [4.78, 5) is 16.2. The van der Waals surface area contributed by atoms with Crippen LogP contribution in [0.25, 0.3) is 10.2 Å². The summed E-state index contributed by atoms with van der Waals surface area (Å²) in [5.41, 5.74) is 0.510. The van der Waals surface area contributed by atoms with E-state index in [1.165, 1.54) is 23.5 Å². The molecule has 26 heavy (non-hydrogen) atoms. The van der Waals surface area contributed by atoms with E-state index in [1.54, 1.807) is 12.1 Å². The summed E-state index contributed by atoms with van der Waals surface area (Å²) < 4.78 is 37.9. The standard InChI is InChI=1S/C16H11Cl2FN2O3S2/c17-9-7-12(18)15-13(8-9)25-16(21-15)20-14(22)5-6-26(23,24)11-3-1-10(19)2-4-11/h1-4,7-8H,5-6H2,(H,20,21,22). The molecule has 0 radical (unpaired) electrons. The van der Waals surface area contributed by atoms with E-state index in [-0.39, 0.29) is 11.3 Å². The van der Waals surface area contributed by atoms with Crippen LogP contribution in [0.2, 0.25) is 10.0 Å². The molecule has 5 nitrogen and oxygen atoms in total. The molecule has 0 unspecified atom stereocenters. The van der Waals surface area contributed by atoms with Crippen molar-refractivity contribution in [2.45, 2.75) is 11.3 Å². The molecule has 0 saturated carbocycles. The van der Waals surface area contributed by atoms with Crippen molar-refractivity contribution < 1.29 is 17.6 Å². The number of thiazole rings is 1. The Morgan fingerprint density at radius 1 is 1.19 bits per heavy atom. The molecule has 0 fully saturated rings. The van der Waals surface area contributed by atoms with E-state index in [1.807, 2.05) is 0 Å². The van der Waals surface area contributed by atoms with Crippen molar-refractivity contribution in [1.29, 1.82) is 0 Å². The van der Waals surface area contributed by atoms with Crippen LogP contribution in [0, 0.1) is 5.82 Å². The summed E-state index contributed by atoms with van der Waals surface area (Å²) in [7, 11) is -3.68. The minimum Gasteiger partial charge on any atom is -0.302 e. The number of benzene rings is 2. The zero-order valence-electron chi connectivity index (χ0n) is 13.0. The Hall–Kier alpha value is -1.74. The Morgan fingerprint density at radius 3 is 2.58 bits per heavy atom. The van der Waals surface area contributed by atoms with Gasteiger partial charge in [-0.25, -0.2) is 17.8 Å². The van der Waals surface area contributed by atoms with E-state index < -0.39 is 27.3 Å². The molecule has 3 rings (SSSR count). The van der Waals surface area contributed by atoms with Gasteiger partial charge in [0, 0.05) is 11.4 Å². The predicted octanol–water partition coefficient (Wildman–Crippen LogP) is 4.54. The number of rotatable bonds is 5. The Kier molecular flexibility index (Phi) is 5.47. The van der Waals surface area contributed by atoms with Crippen LogP contribution in [0.15, 0.2) is 41.3 Å². The van der Waals surface area contributed by atoms with Crippen LogP contribution >= 0.6 is 34.5 Å². The number of amides is 1. The van der Waals surface area contributed by atoms with Crippen molar-refractivity contribution in [3.8, 4) is 0 Å². The molecule has 1 N–H and O–H groups in total. The molecule has 0 bridgehead atoms. The third-order valence-electron chi connectivity index (χ3n) is 3.43. The Morgan fingerprint density at radius 2 is 1.88 bits per heavy atom. The molecule has 136 valence electrons. The number of anilines is 1. The Labute approximate surface area is 162 Å². The monoisotopic (exact) mass is 432 g/mol. The summed E-state index contributed by atoms with van der Waals surface area (Å²) in [6.07, 6.45) is -0.260. The number of hydrogen-bond acceptors (Lipinski definition) is 5. The van der Waals surface area contributed by atoms with Crippen molar-refractivity contribution in [3.63, 3.8) is 0 Å². The first-order chi connectivity index (χ1) is 12.2. The lowest BCUT2D eigenvalue weighted by Gasteiger charge is -2.04. The molecule has 2 aromatic carbocycles. The van der Waals surface area contributed by atoms with Gasteiger partial charge in [0.25, 0.3) is 0 Å². The molecule has 1 aromatic heterocycles. The fourth-order valence-corrected chi connectivity index (χ4v) is 5.02. The maximum Gasteiger partial charge on any atom is 0.227 e. The SMILES string of the molecule is O=C(CCS(=O)(=O)c1ccc(F)cc1)Nc1nc2c(Cl)cc(Cl)cc2s1. The highest BCUT2D eigenvalue weighted by Crippen LogP contribution is 2.33. The summed E-state index contributed by atoms with van der Waals surface area (Å²) >= 11 is 13.2. The second-order valence-electron chi connectivity index (χ2n) is 5.32. The summed E-state index contributed by atoms with van der Waals surface area (Å²) in [6, 6.07) is 7.68. The molecular weight excluding hydrogens is 422 g/mol. The second-order valence-corrected chi connectivity index (χ2v) is 9.31. The highest BCUT2D eigenvalue weighted by molar-refractivity contribution is 7.91. The minimum absolute atomic E-state index is 0.0342. The first-order valence-corrected chi connectivity index (χ1v) is 10.5. The van der Waals surface area contributed by atoms with Gasteiger partial charge in [-0.1, -0.05) is 34.5 Å². The fourth-order valence-electron chi connectivity index (χ4n) is 2.18. The molecule has 3 aromatic rings. The van der Waals surface area contributed by atoms with Gasteiger partial charge in [-0.15, -0.1) is 0 Å². The van der Waals surface area contributed by atoms with Crippen molar-refractivity contribution in [3.05, 3.63) is 52.3 Å². The van der Waals surface area contributed by atoms with Gasteiger partial charge in [-0.2, -0.15) is 0 Å². The maximum atomic E-state index is 12.9. The molecule has 0 aliphatic rings. The third kappa shape index (κ3) is 4.32. The van der Waals surface area contributed by atoms with Crippen LogP contribution in [-0.2, 0) is 14.6 Å². The van der Waals surface area contributed by atoms with Crippen LogP contribution in [0.1, 0.15) is 6.42 Å². The van der Waals surface area contributed by atoms with E-state index in [2.05, 4.69) is 10.3 Å². The molecule has 0 spiro atoms. The van der Waals surface area contributed by atoms with E-state index in [0.29, 0.717) is 25.4 Å². The van der Waals surface area contributed by atoms with Crippen LogP contribution in [0.4, 0.5) is 9.52 Å². The highest BCUT2D eigenvalue weighted by atomic mass is 35.5. The molecule has 1 amide bonds. The predicted molar refractivity (Wildman–Crippen MR) is 101 cm³/mol. The van der Waals surface area contributed by atoms with Gasteiger partial charge in [0.15, 0.2) is 15.0 Å². The number of hydrogen-bond donors (Lipinski definition) is 1. The summed E-state index contributed by atoms with van der Waals surface area (Å²) in [5.74, 6) is -1.43. The Balaban J connectivity index is 1.67. The summed E-state index contributed by atoms with van der Waals surface area (Å²) in [6.45, 7) is 0. The maximum absolute atomic E-state index is 12.9. The molecule has 0 aliphatic carbocycles. The van der Waals surface area contributed by atoms with Gasteiger partial charge in [0.05, 0.1) is 20.4 Å². The topological polar surface area (TPSA) is 76.1 Å². The quantitative estimate of drug-likeness (QED) is 0.600. The first-order valence-electron chi connectivity index (χ1n) is 7.28. The number of aromatic nitrogens is 1. The van der Waals surface area contributed by atoms with Crippen LogP contribution in [0.3, 0.4) is 0 Å². The number of halogens is 3. The highest BCUT2D eigenvalue weighted by Gasteiger charge is 2.18. The number of nitrogens with zero attached hydrogens (tertiary/aromatic N) is 1.